The second-order valence-corrected chi connectivity index (χ2v) is 22.5. The van der Waals surface area contributed by atoms with Crippen molar-refractivity contribution in [2.24, 2.45) is 21.5 Å². The fraction of sp³-hybridized carbons (Fsp3) is 0.491. The maximum absolute atomic E-state index is 14.8. The molecule has 1 aromatic heterocycles. The first-order valence-electron chi connectivity index (χ1n) is 26.9. The van der Waals surface area contributed by atoms with Crippen molar-refractivity contribution in [1.29, 1.82) is 0 Å². The lowest BCUT2D eigenvalue weighted by atomic mass is 10.0. The Hall–Kier alpha value is -8.21. The summed E-state index contributed by atoms with van der Waals surface area (Å²) in [7, 11) is 1.98. The molecule has 29 heteroatoms. The minimum atomic E-state index is -1.66. The zero-order valence-corrected chi connectivity index (χ0v) is 47.0. The van der Waals surface area contributed by atoms with Gasteiger partial charge in [-0.2, -0.15) is 0 Å². The first-order chi connectivity index (χ1) is 39.3. The van der Waals surface area contributed by atoms with E-state index < -0.39 is 139 Å². The van der Waals surface area contributed by atoms with Crippen molar-refractivity contribution >= 4 is 110 Å². The van der Waals surface area contributed by atoms with Crippen LogP contribution in [0.3, 0.4) is 0 Å². The maximum atomic E-state index is 14.8. The average molecular weight is 1170 g/mol. The van der Waals surface area contributed by atoms with Gasteiger partial charge in [0.2, 0.25) is 41.4 Å². The molecular formula is C53H71N15O12S2. The summed E-state index contributed by atoms with van der Waals surface area (Å²) in [6.45, 7) is 2.58. The number of fused-ring (bicyclic) bond motifs is 1. The third-order valence-corrected chi connectivity index (χ3v) is 16.1. The first kappa shape index (κ1) is 63.0. The number of carboxylic acid groups (broad SMARTS) is 1. The fourth-order valence-electron chi connectivity index (χ4n) is 9.17. The van der Waals surface area contributed by atoms with Gasteiger partial charge in [-0.3, -0.25) is 62.8 Å². The van der Waals surface area contributed by atoms with E-state index in [1.807, 2.05) is 25.1 Å². The van der Waals surface area contributed by atoms with Gasteiger partial charge in [-0.15, -0.1) is 0 Å². The molecule has 0 aliphatic carbocycles. The number of unbranched alkanes of at least 4 members (excludes halogenated alkanes) is 1. The summed E-state index contributed by atoms with van der Waals surface area (Å²) in [5.74, 6) is -9.39. The Morgan fingerprint density at radius 1 is 0.720 bits per heavy atom. The summed E-state index contributed by atoms with van der Waals surface area (Å²) in [6, 6.07) is 3.58. The van der Waals surface area contributed by atoms with E-state index in [1.54, 1.807) is 42.6 Å². The van der Waals surface area contributed by atoms with Gasteiger partial charge >= 0.3 is 12.0 Å². The minimum Gasteiger partial charge on any atom is -0.481 e. The molecule has 0 bridgehead atoms. The number of aliphatic carboxylic acids is 1. The number of nitrogens with two attached hydrogens (primary N) is 2. The van der Waals surface area contributed by atoms with Crippen LogP contribution in [0, 0.1) is 0 Å². The van der Waals surface area contributed by atoms with Gasteiger partial charge < -0.3 is 69.4 Å². The standard InChI is InChI=1S/C53H71N15O12S2/c1-3-4-14-37-51(79)68(53(80)67-37)25-43(70)60-42-27-82-81-26-41(29(2)69)66-48(76)39(21-31-23-58-34-15-9-8-13-33(31)34)64-45(73)35(16-10-19-57-52(54)55)61-47(75)38(20-30-11-6-5-7-12-30)63-49(77)40(22-32-24-56-28-59-32)65-46(74)36(62-50(42)78)17-18-44(71)72/h5-9,11-13,15,23,28,32,35-42,58H,3-4,10,14,16-22,24-27H2,1-2H3,(H,56,59)(H,60,70)(H,61,75)(H,62,78)(H,63,77)(H,64,73)(H,65,74)(H,66,76)(H,67,80)(H,71,72)(H4,54,55,57)/t32?,35-,36-,37-,38+,39-,40-,41-,42-/m0/s1. The number of hydrogen-bond acceptors (Lipinski definition) is 16. The molecule has 10 amide bonds. The minimum absolute atomic E-state index is 0.0423. The number of carboxylic acids is 1. The topological polar surface area (TPSA) is 412 Å². The van der Waals surface area contributed by atoms with Crippen LogP contribution in [0.4, 0.5) is 4.79 Å². The molecule has 4 heterocycles. The van der Waals surface area contributed by atoms with Gasteiger partial charge in [0.25, 0.3) is 5.91 Å². The smallest absolute Gasteiger partial charge is 0.325 e. The Morgan fingerprint density at radius 3 is 2.01 bits per heavy atom. The first-order valence-corrected chi connectivity index (χ1v) is 29.4. The van der Waals surface area contributed by atoms with Gasteiger partial charge in [0.1, 0.15) is 48.8 Å². The number of ketones is 1. The van der Waals surface area contributed by atoms with Crippen LogP contribution in [-0.4, -0.2) is 178 Å². The van der Waals surface area contributed by atoms with Crippen molar-refractivity contribution in [3.63, 3.8) is 0 Å². The lowest BCUT2D eigenvalue weighted by Gasteiger charge is -2.28. The van der Waals surface area contributed by atoms with E-state index in [-0.39, 0.29) is 62.7 Å². The largest absolute Gasteiger partial charge is 0.481 e. The summed E-state index contributed by atoms with van der Waals surface area (Å²) in [5.41, 5.74) is 13.1. The molecule has 0 spiro atoms. The summed E-state index contributed by atoms with van der Waals surface area (Å²) in [4.78, 5) is 165. The number of aliphatic imine (C=N–C) groups is 2. The van der Waals surface area contributed by atoms with Crippen LogP contribution < -0.4 is 59.3 Å². The SMILES string of the molecule is CCCC[C@@H]1NC(=O)N(CC(=O)N[C@H]2CSSC[C@@H](C(C)=O)NC(=O)[C@H](Cc3c[nH]c4ccccc34)NC(=O)[C@H](CCCN=C(N)N)NC(=O)[C@@H](Cc3ccccc3)NC(=O)[C@H](CC3CN=CN3)NC(=O)[C@H](CCC(=O)O)NC2=O)C1=O. The van der Waals surface area contributed by atoms with Crippen LogP contribution in [0.5, 0.6) is 0 Å². The fourth-order valence-corrected chi connectivity index (χ4v) is 11.6. The Balaban J connectivity index is 1.38. The number of carbonyl (C=O) groups excluding carboxylic acids is 10. The Morgan fingerprint density at radius 2 is 1.33 bits per heavy atom. The average Bonchev–Trinajstić information content (AvgIpc) is 4.30. The molecule has 3 aliphatic heterocycles. The van der Waals surface area contributed by atoms with Crippen LogP contribution >= 0.6 is 21.6 Å². The van der Waals surface area contributed by atoms with E-state index in [0.29, 0.717) is 28.9 Å². The second kappa shape index (κ2) is 31.1. The highest BCUT2D eigenvalue weighted by Gasteiger charge is 2.40. The van der Waals surface area contributed by atoms with E-state index in [4.69, 9.17) is 11.5 Å². The molecule has 6 rings (SSSR count). The molecule has 0 radical (unpaired) electrons. The Labute approximate surface area is 480 Å². The zero-order valence-electron chi connectivity index (χ0n) is 45.4. The van der Waals surface area contributed by atoms with Crippen molar-refractivity contribution < 1.29 is 57.8 Å². The highest BCUT2D eigenvalue weighted by atomic mass is 33.1. The lowest BCUT2D eigenvalue weighted by molar-refractivity contribution is -0.138. The van der Waals surface area contributed by atoms with Crippen molar-refractivity contribution in [1.82, 2.24) is 57.7 Å². The second-order valence-electron chi connectivity index (χ2n) is 20.0. The van der Waals surface area contributed by atoms with E-state index in [9.17, 15) is 57.8 Å². The number of hydrogen-bond donors (Lipinski definition) is 13. The molecule has 442 valence electrons. The maximum Gasteiger partial charge on any atom is 0.325 e. The van der Waals surface area contributed by atoms with E-state index in [2.05, 4.69) is 62.8 Å². The number of H-pyrrole nitrogens is 1. The van der Waals surface area contributed by atoms with Crippen LogP contribution in [0.25, 0.3) is 10.9 Å². The van der Waals surface area contributed by atoms with Crippen molar-refractivity contribution in [3.8, 4) is 0 Å². The highest BCUT2D eigenvalue weighted by Crippen LogP contribution is 2.25. The van der Waals surface area contributed by atoms with Crippen LogP contribution in [0.15, 0.2) is 70.8 Å². The number of amides is 10. The van der Waals surface area contributed by atoms with E-state index >= 15 is 0 Å². The van der Waals surface area contributed by atoms with Crippen molar-refractivity contribution in [3.05, 3.63) is 71.9 Å². The number of Topliss-reactive ketones (excluding diaryl/α,β-unsaturated/α-hetero) is 1. The number of para-hydroxylation sites is 1. The van der Waals surface area contributed by atoms with Crippen LogP contribution in [0.1, 0.15) is 76.3 Å². The van der Waals surface area contributed by atoms with Gasteiger partial charge in [0.05, 0.1) is 18.9 Å². The number of carbonyl (C=O) groups is 11. The molecule has 9 atom stereocenters. The number of nitrogens with one attached hydrogen (secondary N) is 10. The van der Waals surface area contributed by atoms with Crippen LogP contribution in [-0.2, 0) is 60.8 Å². The van der Waals surface area contributed by atoms with Crippen LogP contribution in [0.2, 0.25) is 0 Å². The molecular weight excluding hydrogens is 1100 g/mol. The normalized spacial score (nSPS) is 24.4. The number of benzene rings is 2. The van der Waals surface area contributed by atoms with E-state index in [1.165, 1.54) is 13.3 Å². The van der Waals surface area contributed by atoms with E-state index in [0.717, 1.165) is 38.9 Å². The number of rotatable bonds is 20. The van der Waals surface area contributed by atoms with Gasteiger partial charge in [0, 0.05) is 60.5 Å². The molecule has 3 aliphatic rings. The third kappa shape index (κ3) is 18.9. The Bertz CT molecular complexity index is 2860. The Kier molecular flexibility index (Phi) is 23.9. The summed E-state index contributed by atoms with van der Waals surface area (Å²) in [5, 5.41) is 34.8. The molecule has 82 heavy (non-hydrogen) atoms. The molecule has 3 aromatic rings. The number of aromatic amines is 1. The molecule has 2 fully saturated rings. The van der Waals surface area contributed by atoms with Crippen molar-refractivity contribution in [2.75, 3.05) is 31.1 Å². The van der Waals surface area contributed by atoms with Gasteiger partial charge in [-0.1, -0.05) is 89.9 Å². The molecule has 2 saturated heterocycles. The highest BCUT2D eigenvalue weighted by molar-refractivity contribution is 8.76. The summed E-state index contributed by atoms with van der Waals surface area (Å²) in [6.07, 6.45) is 3.32. The summed E-state index contributed by atoms with van der Waals surface area (Å²) < 4.78 is 0. The predicted octanol–water partition coefficient (Wildman–Crippen LogP) is -1.25. The number of nitrogens with zero attached hydrogens (tertiary/aromatic N) is 3. The summed E-state index contributed by atoms with van der Waals surface area (Å²) >= 11 is 0. The predicted molar refractivity (Wildman–Crippen MR) is 306 cm³/mol. The monoisotopic (exact) mass is 1170 g/mol. The van der Waals surface area contributed by atoms with Gasteiger partial charge in [-0.25, -0.2) is 4.79 Å². The lowest BCUT2D eigenvalue weighted by Crippen LogP contribution is -2.61. The number of guanidine groups is 1. The molecule has 1 unspecified atom stereocenters. The molecule has 15 N–H and O–H groups in total. The van der Waals surface area contributed by atoms with Crippen molar-refractivity contribution in [2.45, 2.75) is 132 Å². The third-order valence-electron chi connectivity index (χ3n) is 13.7. The quantitative estimate of drug-likeness (QED) is 0.0207. The molecule has 2 aromatic carbocycles. The van der Waals surface area contributed by atoms with Gasteiger partial charge in [0.15, 0.2) is 11.7 Å². The molecule has 27 nitrogen and oxygen atoms in total. The van der Waals surface area contributed by atoms with Gasteiger partial charge in [-0.05, 0) is 56.2 Å². The zero-order chi connectivity index (χ0) is 59.3. The number of aromatic nitrogens is 1. The molecule has 0 saturated carbocycles. The number of urea groups is 1. The number of imide groups is 1.